The largest absolute Gasteiger partial charge is 0.336 e. The Hall–Kier alpha value is -0.800. The van der Waals surface area contributed by atoms with E-state index in [0.717, 1.165) is 19.6 Å². The van der Waals surface area contributed by atoms with Gasteiger partial charge in [-0.05, 0) is 0 Å². The highest BCUT2D eigenvalue weighted by molar-refractivity contribution is 6.18. The second-order valence-corrected chi connectivity index (χ2v) is 2.94. The summed E-state index contributed by atoms with van der Waals surface area (Å²) in [5.41, 5.74) is 0. The molecule has 1 aromatic rings. The molecule has 0 radical (unpaired) electrons. The summed E-state index contributed by atoms with van der Waals surface area (Å²) >= 11 is 5.47. The molecule has 1 rings (SSSR count). The van der Waals surface area contributed by atoms with Crippen molar-refractivity contribution >= 4 is 11.6 Å². The first-order valence-corrected chi connectivity index (χ1v) is 4.84. The number of allylic oxidation sites excluding steroid dienone is 1. The number of nitrogens with one attached hydrogen (secondary N) is 1. The van der Waals surface area contributed by atoms with Crippen LogP contribution < -0.4 is 5.32 Å². The minimum absolute atomic E-state index is 0.587. The summed E-state index contributed by atoms with van der Waals surface area (Å²) < 4.78 is 2.04. The Labute approximate surface area is 83.4 Å². The number of hydrogen-bond donors (Lipinski definition) is 1. The van der Waals surface area contributed by atoms with Crippen LogP contribution in [-0.4, -0.2) is 28.5 Å². The number of halogens is 1. The molecule has 13 heavy (non-hydrogen) atoms. The van der Waals surface area contributed by atoms with Gasteiger partial charge in [0.2, 0.25) is 0 Å². The Balaban J connectivity index is 1.99. The zero-order chi connectivity index (χ0) is 9.36. The number of rotatable bonds is 6. The van der Waals surface area contributed by atoms with E-state index in [0.29, 0.717) is 5.88 Å². The molecule has 0 saturated heterocycles. The lowest BCUT2D eigenvalue weighted by molar-refractivity contribution is 0.625. The molecule has 0 saturated carbocycles. The van der Waals surface area contributed by atoms with E-state index in [9.17, 15) is 0 Å². The zero-order valence-corrected chi connectivity index (χ0v) is 8.24. The van der Waals surface area contributed by atoms with E-state index in [2.05, 4.69) is 10.3 Å². The molecule has 1 aromatic heterocycles. The predicted octanol–water partition coefficient (Wildman–Crippen LogP) is 1.27. The third-order valence-corrected chi connectivity index (χ3v) is 1.80. The lowest BCUT2D eigenvalue weighted by atomic mass is 10.5. The van der Waals surface area contributed by atoms with Crippen LogP contribution in [0.1, 0.15) is 0 Å². The molecule has 0 spiro atoms. The lowest BCUT2D eigenvalue weighted by Crippen LogP contribution is -2.19. The van der Waals surface area contributed by atoms with Crippen molar-refractivity contribution in [2.45, 2.75) is 6.54 Å². The summed E-state index contributed by atoms with van der Waals surface area (Å²) in [6.45, 7) is 2.78. The van der Waals surface area contributed by atoms with Crippen molar-refractivity contribution in [3.05, 3.63) is 30.9 Å². The zero-order valence-electron chi connectivity index (χ0n) is 7.49. The number of nitrogens with zero attached hydrogens (tertiary/aromatic N) is 2. The smallest absolute Gasteiger partial charge is 0.0946 e. The van der Waals surface area contributed by atoms with Gasteiger partial charge in [0.15, 0.2) is 0 Å². The van der Waals surface area contributed by atoms with E-state index in [1.807, 2.05) is 29.2 Å². The van der Waals surface area contributed by atoms with E-state index < -0.39 is 0 Å². The highest BCUT2D eigenvalue weighted by Crippen LogP contribution is 1.83. The molecule has 0 aliphatic rings. The van der Waals surface area contributed by atoms with Gasteiger partial charge in [-0.1, -0.05) is 12.2 Å². The summed E-state index contributed by atoms with van der Waals surface area (Å²) in [5.74, 6) is 0.587. The van der Waals surface area contributed by atoms with Gasteiger partial charge < -0.3 is 9.88 Å². The molecule has 1 N–H and O–H groups in total. The van der Waals surface area contributed by atoms with Crippen LogP contribution in [0.5, 0.6) is 0 Å². The van der Waals surface area contributed by atoms with Gasteiger partial charge in [0.25, 0.3) is 0 Å². The molecule has 0 unspecified atom stereocenters. The minimum atomic E-state index is 0.587. The van der Waals surface area contributed by atoms with Gasteiger partial charge in [0.1, 0.15) is 0 Å². The fourth-order valence-corrected chi connectivity index (χ4v) is 1.08. The van der Waals surface area contributed by atoms with Crippen LogP contribution >= 0.6 is 11.6 Å². The van der Waals surface area contributed by atoms with Crippen molar-refractivity contribution in [3.63, 3.8) is 0 Å². The Bertz CT molecular complexity index is 231. The number of alkyl halides is 1. The highest BCUT2D eigenvalue weighted by atomic mass is 35.5. The summed E-state index contributed by atoms with van der Waals surface area (Å²) in [7, 11) is 0. The van der Waals surface area contributed by atoms with E-state index >= 15 is 0 Å². The monoisotopic (exact) mass is 199 g/mol. The van der Waals surface area contributed by atoms with Crippen LogP contribution in [0.4, 0.5) is 0 Å². The van der Waals surface area contributed by atoms with Crippen LogP contribution in [0.25, 0.3) is 0 Å². The first-order chi connectivity index (χ1) is 6.43. The van der Waals surface area contributed by atoms with Crippen molar-refractivity contribution in [2.24, 2.45) is 0 Å². The summed E-state index contributed by atoms with van der Waals surface area (Å²) in [6.07, 6.45) is 9.52. The van der Waals surface area contributed by atoms with Crippen molar-refractivity contribution in [3.8, 4) is 0 Å². The lowest BCUT2D eigenvalue weighted by Gasteiger charge is -2.01. The standard InChI is InChI=1S/C9H14ClN3/c10-3-1-2-4-11-5-7-13-8-6-12-9-13/h1-2,6,8-9,11H,3-5,7H2/b2-1+. The fourth-order valence-electron chi connectivity index (χ4n) is 0.959. The Morgan fingerprint density at radius 2 is 2.38 bits per heavy atom. The van der Waals surface area contributed by atoms with Gasteiger partial charge in [-0.25, -0.2) is 4.98 Å². The van der Waals surface area contributed by atoms with Crippen molar-refractivity contribution < 1.29 is 0 Å². The van der Waals surface area contributed by atoms with Crippen LogP contribution in [0.15, 0.2) is 30.9 Å². The van der Waals surface area contributed by atoms with Crippen LogP contribution in [-0.2, 0) is 6.54 Å². The first-order valence-electron chi connectivity index (χ1n) is 4.31. The molecule has 0 atom stereocenters. The molecule has 0 aliphatic heterocycles. The van der Waals surface area contributed by atoms with Crippen LogP contribution in [0, 0.1) is 0 Å². The number of aromatic nitrogens is 2. The molecule has 1 heterocycles. The number of imidazole rings is 1. The SMILES string of the molecule is ClC/C=C/CNCCn1ccnc1. The molecule has 4 heteroatoms. The van der Waals surface area contributed by atoms with Gasteiger partial charge >= 0.3 is 0 Å². The molecule has 0 bridgehead atoms. The Morgan fingerprint density at radius 1 is 1.46 bits per heavy atom. The summed E-state index contributed by atoms with van der Waals surface area (Å²) in [4.78, 5) is 3.95. The maximum atomic E-state index is 5.47. The predicted molar refractivity (Wildman–Crippen MR) is 55.0 cm³/mol. The normalized spacial score (nSPS) is 11.2. The Kier molecular flexibility index (Phi) is 5.29. The second kappa shape index (κ2) is 6.69. The van der Waals surface area contributed by atoms with Gasteiger partial charge in [-0.2, -0.15) is 0 Å². The van der Waals surface area contributed by atoms with E-state index in [4.69, 9.17) is 11.6 Å². The second-order valence-electron chi connectivity index (χ2n) is 2.63. The third kappa shape index (κ3) is 4.70. The van der Waals surface area contributed by atoms with Crippen molar-refractivity contribution in [1.29, 1.82) is 0 Å². The molecule has 0 aromatic carbocycles. The average molecular weight is 200 g/mol. The van der Waals surface area contributed by atoms with Crippen molar-refractivity contribution in [1.82, 2.24) is 14.9 Å². The summed E-state index contributed by atoms with van der Waals surface area (Å²) in [5, 5.41) is 3.26. The Morgan fingerprint density at radius 3 is 3.08 bits per heavy atom. The van der Waals surface area contributed by atoms with Gasteiger partial charge in [-0.15, -0.1) is 11.6 Å². The third-order valence-electron chi connectivity index (χ3n) is 1.62. The molecule has 0 amide bonds. The van der Waals surface area contributed by atoms with Gasteiger partial charge in [-0.3, -0.25) is 0 Å². The molecular formula is C9H14ClN3. The maximum absolute atomic E-state index is 5.47. The van der Waals surface area contributed by atoms with E-state index in [-0.39, 0.29) is 0 Å². The first kappa shape index (κ1) is 10.3. The summed E-state index contributed by atoms with van der Waals surface area (Å²) in [6, 6.07) is 0. The average Bonchev–Trinajstić information content (AvgIpc) is 2.63. The molecular weight excluding hydrogens is 186 g/mol. The molecule has 3 nitrogen and oxygen atoms in total. The topological polar surface area (TPSA) is 29.9 Å². The molecule has 72 valence electrons. The maximum Gasteiger partial charge on any atom is 0.0946 e. The quantitative estimate of drug-likeness (QED) is 0.425. The van der Waals surface area contributed by atoms with E-state index in [1.165, 1.54) is 0 Å². The van der Waals surface area contributed by atoms with Gasteiger partial charge in [0, 0.05) is 37.9 Å². The minimum Gasteiger partial charge on any atom is -0.336 e. The van der Waals surface area contributed by atoms with Crippen molar-refractivity contribution in [2.75, 3.05) is 19.0 Å². The van der Waals surface area contributed by atoms with Crippen LogP contribution in [0.2, 0.25) is 0 Å². The molecule has 0 aliphatic carbocycles. The number of hydrogen-bond acceptors (Lipinski definition) is 2. The fraction of sp³-hybridized carbons (Fsp3) is 0.444. The molecule has 0 fully saturated rings. The highest BCUT2D eigenvalue weighted by Gasteiger charge is 1.87. The van der Waals surface area contributed by atoms with E-state index in [1.54, 1.807) is 6.20 Å². The van der Waals surface area contributed by atoms with Crippen LogP contribution in [0.3, 0.4) is 0 Å². The van der Waals surface area contributed by atoms with Gasteiger partial charge in [0.05, 0.1) is 6.33 Å².